The molecule has 3 rings (SSSR count). The Bertz CT molecular complexity index is 802. The summed E-state index contributed by atoms with van der Waals surface area (Å²) in [7, 11) is 0. The first kappa shape index (κ1) is 16.3. The number of carbonyl (C=O) groups is 1. The minimum atomic E-state index is -0.522. The monoisotopic (exact) mass is 339 g/mol. The molecule has 122 valence electrons. The van der Waals surface area contributed by atoms with Gasteiger partial charge in [0.2, 0.25) is 5.91 Å². The second kappa shape index (κ2) is 7.32. The van der Waals surface area contributed by atoms with Crippen molar-refractivity contribution < 1.29 is 4.79 Å². The average molecular weight is 340 g/mol. The second-order valence-electron chi connectivity index (χ2n) is 5.55. The fourth-order valence-corrected chi connectivity index (χ4v) is 2.99. The summed E-state index contributed by atoms with van der Waals surface area (Å²) in [5.41, 5.74) is 1.77. The van der Waals surface area contributed by atoms with Gasteiger partial charge >= 0.3 is 0 Å². The van der Waals surface area contributed by atoms with Crippen molar-refractivity contribution in [3.8, 4) is 0 Å². The summed E-state index contributed by atoms with van der Waals surface area (Å²) in [5, 5.41) is 7.92. The van der Waals surface area contributed by atoms with Gasteiger partial charge in [-0.15, -0.1) is 0 Å². The molecule has 0 aliphatic rings. The number of carbonyl (C=O) groups excluding carboxylic acids is 1. The molecule has 1 aromatic heterocycles. The molecule has 3 aromatic rings. The highest BCUT2D eigenvalue weighted by atomic mass is 35.5. The third-order valence-electron chi connectivity index (χ3n) is 3.88. The molecule has 0 radical (unpaired) electrons. The molecule has 5 heteroatoms. The summed E-state index contributed by atoms with van der Waals surface area (Å²) in [4.78, 5) is 12.9. The minimum Gasteiger partial charge on any atom is -0.347 e. The van der Waals surface area contributed by atoms with Gasteiger partial charge in [0, 0.05) is 17.4 Å². The Labute approximate surface area is 146 Å². The fraction of sp³-hybridized carbons (Fsp3) is 0.158. The van der Waals surface area contributed by atoms with E-state index in [-0.39, 0.29) is 11.9 Å². The molecule has 4 nitrogen and oxygen atoms in total. The zero-order valence-corrected chi connectivity index (χ0v) is 14.0. The summed E-state index contributed by atoms with van der Waals surface area (Å²) in [5.74, 6) is -0.127. The van der Waals surface area contributed by atoms with Crippen LogP contribution in [0.15, 0.2) is 73.1 Å². The van der Waals surface area contributed by atoms with Gasteiger partial charge in [0.15, 0.2) is 6.04 Å². The molecule has 0 aliphatic carbocycles. The van der Waals surface area contributed by atoms with E-state index < -0.39 is 6.04 Å². The predicted molar refractivity (Wildman–Crippen MR) is 94.8 cm³/mol. The Balaban J connectivity index is 1.86. The summed E-state index contributed by atoms with van der Waals surface area (Å²) >= 11 is 6.23. The van der Waals surface area contributed by atoms with Gasteiger partial charge in [-0.05, 0) is 30.2 Å². The molecular formula is C19H18ClN3O. The van der Waals surface area contributed by atoms with E-state index in [1.165, 1.54) is 0 Å². The molecule has 0 spiro atoms. The third kappa shape index (κ3) is 3.49. The van der Waals surface area contributed by atoms with Crippen molar-refractivity contribution in [1.82, 2.24) is 15.1 Å². The molecule has 2 aromatic carbocycles. The van der Waals surface area contributed by atoms with Crippen molar-refractivity contribution in [3.05, 3.63) is 89.2 Å². The topological polar surface area (TPSA) is 46.9 Å². The van der Waals surface area contributed by atoms with Crippen LogP contribution in [0.2, 0.25) is 5.02 Å². The van der Waals surface area contributed by atoms with Gasteiger partial charge in [-0.2, -0.15) is 5.10 Å². The van der Waals surface area contributed by atoms with Crippen molar-refractivity contribution in [1.29, 1.82) is 0 Å². The lowest BCUT2D eigenvalue weighted by molar-refractivity contribution is -0.124. The van der Waals surface area contributed by atoms with Crippen LogP contribution in [0, 0.1) is 0 Å². The quantitative estimate of drug-likeness (QED) is 0.763. The number of hydrogen-bond acceptors (Lipinski definition) is 2. The molecule has 1 N–H and O–H groups in total. The number of benzene rings is 2. The highest BCUT2D eigenvalue weighted by Gasteiger charge is 2.24. The summed E-state index contributed by atoms with van der Waals surface area (Å²) in [6.07, 6.45) is 3.46. The highest BCUT2D eigenvalue weighted by Crippen LogP contribution is 2.24. The number of amides is 1. The lowest BCUT2D eigenvalue weighted by Gasteiger charge is -2.22. The molecular weight excluding hydrogens is 322 g/mol. The number of hydrogen-bond donors (Lipinski definition) is 1. The number of rotatable bonds is 5. The maximum absolute atomic E-state index is 12.9. The van der Waals surface area contributed by atoms with Crippen LogP contribution in [-0.4, -0.2) is 15.7 Å². The van der Waals surface area contributed by atoms with Crippen molar-refractivity contribution in [3.63, 3.8) is 0 Å². The Morgan fingerprint density at radius 3 is 2.46 bits per heavy atom. The predicted octanol–water partition coefficient (Wildman–Crippen LogP) is 4.00. The lowest BCUT2D eigenvalue weighted by Crippen LogP contribution is -2.35. The zero-order chi connectivity index (χ0) is 16.9. The number of aromatic nitrogens is 2. The van der Waals surface area contributed by atoms with Gasteiger partial charge in [-0.1, -0.05) is 60.1 Å². The molecule has 24 heavy (non-hydrogen) atoms. The molecule has 0 bridgehead atoms. The van der Waals surface area contributed by atoms with Crippen LogP contribution in [-0.2, 0) is 4.79 Å². The van der Waals surface area contributed by atoms with Crippen molar-refractivity contribution in [2.24, 2.45) is 0 Å². The molecule has 1 heterocycles. The van der Waals surface area contributed by atoms with E-state index in [0.717, 1.165) is 11.1 Å². The molecule has 0 unspecified atom stereocenters. The van der Waals surface area contributed by atoms with Gasteiger partial charge in [0.1, 0.15) is 0 Å². The first-order chi connectivity index (χ1) is 11.7. The van der Waals surface area contributed by atoms with Gasteiger partial charge in [-0.3, -0.25) is 9.48 Å². The Morgan fingerprint density at radius 1 is 1.08 bits per heavy atom. The maximum Gasteiger partial charge on any atom is 0.249 e. The molecule has 0 aliphatic heterocycles. The van der Waals surface area contributed by atoms with Crippen LogP contribution in [0.1, 0.15) is 30.1 Å². The Morgan fingerprint density at radius 2 is 1.79 bits per heavy atom. The van der Waals surface area contributed by atoms with Crippen molar-refractivity contribution >= 4 is 17.5 Å². The zero-order valence-electron chi connectivity index (χ0n) is 13.3. The smallest absolute Gasteiger partial charge is 0.249 e. The Hall–Kier alpha value is -2.59. The van der Waals surface area contributed by atoms with Crippen LogP contribution in [0.5, 0.6) is 0 Å². The van der Waals surface area contributed by atoms with Gasteiger partial charge in [-0.25, -0.2) is 0 Å². The SMILES string of the molecule is C[C@@H](NC(=O)[C@H](c1ccccc1)n1cccn1)c1ccccc1Cl. The molecule has 1 amide bonds. The van der Waals surface area contributed by atoms with E-state index in [1.54, 1.807) is 23.1 Å². The van der Waals surface area contributed by atoms with Crippen LogP contribution in [0.4, 0.5) is 0 Å². The highest BCUT2D eigenvalue weighted by molar-refractivity contribution is 6.31. The van der Waals surface area contributed by atoms with Crippen LogP contribution in [0.25, 0.3) is 0 Å². The summed E-state index contributed by atoms with van der Waals surface area (Å²) < 4.78 is 1.66. The van der Waals surface area contributed by atoms with E-state index in [2.05, 4.69) is 10.4 Å². The number of nitrogens with one attached hydrogen (secondary N) is 1. The van der Waals surface area contributed by atoms with E-state index in [1.807, 2.05) is 61.5 Å². The number of halogens is 1. The number of nitrogens with zero attached hydrogens (tertiary/aromatic N) is 2. The van der Waals surface area contributed by atoms with Crippen molar-refractivity contribution in [2.45, 2.75) is 19.0 Å². The molecule has 2 atom stereocenters. The lowest BCUT2D eigenvalue weighted by atomic mass is 10.0. The third-order valence-corrected chi connectivity index (χ3v) is 4.23. The first-order valence-electron chi connectivity index (χ1n) is 7.75. The maximum atomic E-state index is 12.9. The van der Waals surface area contributed by atoms with E-state index in [9.17, 15) is 4.79 Å². The van der Waals surface area contributed by atoms with E-state index >= 15 is 0 Å². The normalized spacial score (nSPS) is 13.2. The van der Waals surface area contributed by atoms with Gasteiger partial charge in [0.05, 0.1) is 6.04 Å². The standard InChI is InChI=1S/C19H18ClN3O/c1-14(16-10-5-6-11-17(16)20)22-19(24)18(23-13-7-12-21-23)15-8-3-2-4-9-15/h2-14,18H,1H3,(H,22,24)/t14-,18+/m1/s1. The Kier molecular flexibility index (Phi) is 4.96. The van der Waals surface area contributed by atoms with Gasteiger partial charge < -0.3 is 5.32 Å². The largest absolute Gasteiger partial charge is 0.347 e. The average Bonchev–Trinajstić information content (AvgIpc) is 3.10. The summed E-state index contributed by atoms with van der Waals surface area (Å²) in [6.45, 7) is 1.92. The second-order valence-corrected chi connectivity index (χ2v) is 5.96. The molecule has 0 saturated carbocycles. The van der Waals surface area contributed by atoms with E-state index in [0.29, 0.717) is 5.02 Å². The van der Waals surface area contributed by atoms with E-state index in [4.69, 9.17) is 11.6 Å². The summed E-state index contributed by atoms with van der Waals surface area (Å²) in [6, 6.07) is 18.2. The van der Waals surface area contributed by atoms with Crippen LogP contribution in [0.3, 0.4) is 0 Å². The molecule has 0 fully saturated rings. The first-order valence-corrected chi connectivity index (χ1v) is 8.13. The van der Waals surface area contributed by atoms with Gasteiger partial charge in [0.25, 0.3) is 0 Å². The molecule has 0 saturated heterocycles. The van der Waals surface area contributed by atoms with Crippen LogP contribution < -0.4 is 5.32 Å². The fourth-order valence-electron chi connectivity index (χ4n) is 2.69. The van der Waals surface area contributed by atoms with Crippen LogP contribution >= 0.6 is 11.6 Å². The van der Waals surface area contributed by atoms with Crippen molar-refractivity contribution in [2.75, 3.05) is 0 Å². The minimum absolute atomic E-state index is 0.127.